The van der Waals surface area contributed by atoms with Crippen LogP contribution in [0.5, 0.6) is 0 Å². The summed E-state index contributed by atoms with van der Waals surface area (Å²) in [4.78, 5) is 17.6. The Hall–Kier alpha value is -2.86. The number of nitrogens with zero attached hydrogens (tertiary/aromatic N) is 2. The van der Waals surface area contributed by atoms with Gasteiger partial charge in [0.25, 0.3) is 0 Å². The van der Waals surface area contributed by atoms with Crippen LogP contribution in [0.2, 0.25) is 0 Å². The van der Waals surface area contributed by atoms with Crippen molar-refractivity contribution in [3.05, 3.63) is 65.2 Å². The number of rotatable bonds is 1. The highest BCUT2D eigenvalue weighted by molar-refractivity contribution is 6.19. The van der Waals surface area contributed by atoms with E-state index in [1.165, 1.54) is 0 Å². The van der Waals surface area contributed by atoms with Crippen molar-refractivity contribution < 1.29 is 8.91 Å². The second-order valence-corrected chi connectivity index (χ2v) is 4.64. The molecular weight excluding hydrogens is 260 g/mol. The molecule has 102 valence electrons. The molecule has 3 heteroatoms. The number of fused-ring (bicyclic) bond motifs is 1. The first kappa shape index (κ1) is 9.95. The average Bonchev–Trinajstić information content (AvgIpc) is 2.70. The van der Waals surface area contributed by atoms with Crippen LogP contribution in [0.15, 0.2) is 53.5 Å². The van der Waals surface area contributed by atoms with E-state index in [2.05, 4.69) is 10.9 Å². The maximum atomic E-state index is 12.4. The lowest BCUT2D eigenvalue weighted by molar-refractivity contribution is -0.116. The number of hydrogen-bond acceptors (Lipinski definition) is 2. The fourth-order valence-corrected chi connectivity index (χ4v) is 2.29. The van der Waals surface area contributed by atoms with Crippen LogP contribution in [0.1, 0.15) is 20.8 Å². The molecule has 0 aliphatic carbocycles. The third kappa shape index (κ3) is 2.32. The summed E-state index contributed by atoms with van der Waals surface area (Å²) in [6.45, 7) is -2.83. The van der Waals surface area contributed by atoms with E-state index in [9.17, 15) is 4.79 Å². The van der Waals surface area contributed by atoms with Crippen LogP contribution in [0.3, 0.4) is 0 Å². The minimum absolute atomic E-state index is 0.233. The van der Waals surface area contributed by atoms with Gasteiger partial charge in [-0.25, -0.2) is 0 Å². The molecule has 0 bridgehead atoms. The van der Waals surface area contributed by atoms with E-state index in [1.54, 1.807) is 18.2 Å². The first-order chi connectivity index (χ1) is 11.4. The van der Waals surface area contributed by atoms with E-state index in [-0.39, 0.29) is 6.54 Å². The monoisotopic (exact) mass is 277 g/mol. The molecule has 0 unspecified atom stereocenters. The molecule has 0 saturated carbocycles. The van der Waals surface area contributed by atoms with Crippen molar-refractivity contribution in [1.82, 2.24) is 0 Å². The van der Waals surface area contributed by atoms with Gasteiger partial charge in [0.2, 0.25) is 5.91 Å². The van der Waals surface area contributed by atoms with Gasteiger partial charge in [-0.3, -0.25) is 9.79 Å². The summed E-state index contributed by atoms with van der Waals surface area (Å²) in [5.74, 6) is 1.96. The van der Waals surface area contributed by atoms with Gasteiger partial charge < -0.3 is 4.90 Å². The maximum absolute atomic E-state index is 12.4. The molecule has 0 fully saturated rings. The number of benzene rings is 2. The zero-order chi connectivity index (χ0) is 17.3. The average molecular weight is 277 g/mol. The third-order valence-electron chi connectivity index (χ3n) is 3.33. The van der Waals surface area contributed by atoms with Gasteiger partial charge in [0.15, 0.2) is 0 Å². The molecule has 3 rings (SSSR count). The second kappa shape index (κ2) is 5.26. The number of benzodiazepines with no additional fused rings is 1. The molecule has 2 aromatic carbocycles. The van der Waals surface area contributed by atoms with E-state index in [0.29, 0.717) is 22.5 Å². The highest BCUT2D eigenvalue weighted by atomic mass is 16.2. The summed E-state index contributed by atoms with van der Waals surface area (Å²) in [6.07, 6.45) is 5.47. The smallest absolute Gasteiger partial charge is 0.248 e. The Morgan fingerprint density at radius 3 is 2.81 bits per heavy atom. The molecule has 1 aliphatic heterocycles. The van der Waals surface area contributed by atoms with Gasteiger partial charge >= 0.3 is 0 Å². The summed E-state index contributed by atoms with van der Waals surface area (Å²) >= 11 is 0. The summed E-state index contributed by atoms with van der Waals surface area (Å²) in [5, 5.41) is 0. The van der Waals surface area contributed by atoms with Crippen LogP contribution in [-0.4, -0.2) is 25.1 Å². The van der Waals surface area contributed by atoms with Gasteiger partial charge in [0.05, 0.1) is 11.4 Å². The topological polar surface area (TPSA) is 32.7 Å². The molecule has 0 atom stereocenters. The van der Waals surface area contributed by atoms with Crippen LogP contribution in [-0.2, 0) is 4.79 Å². The zero-order valence-corrected chi connectivity index (χ0v) is 11.2. The number of hydrogen-bond donors (Lipinski definition) is 0. The second-order valence-electron chi connectivity index (χ2n) is 4.64. The molecule has 2 aromatic rings. The van der Waals surface area contributed by atoms with Crippen molar-refractivity contribution in [3.8, 4) is 12.3 Å². The number of anilines is 1. The Morgan fingerprint density at radius 2 is 2.10 bits per heavy atom. The quantitative estimate of drug-likeness (QED) is 0.737. The standard InChI is InChI=1S/C18H14N2O/c1-3-13-9-10-16-15(11-13)18(14-7-5-4-6-8-14)19-12-17(21)20(16)2/h1,4-11H,12H2,2H3/i2D3. The molecule has 3 nitrogen and oxygen atoms in total. The van der Waals surface area contributed by atoms with E-state index < -0.39 is 12.9 Å². The molecule has 0 aromatic heterocycles. The molecule has 21 heavy (non-hydrogen) atoms. The van der Waals surface area contributed by atoms with E-state index >= 15 is 0 Å². The Morgan fingerprint density at radius 1 is 1.29 bits per heavy atom. The lowest BCUT2D eigenvalue weighted by Crippen LogP contribution is -2.27. The number of aliphatic imine (C=N–C) groups is 1. The highest BCUT2D eigenvalue weighted by Crippen LogP contribution is 2.26. The van der Waals surface area contributed by atoms with Crippen LogP contribution in [0.25, 0.3) is 0 Å². The summed E-state index contributed by atoms with van der Waals surface area (Å²) in [5.41, 5.74) is 2.78. The number of likely N-dealkylation sites (N-methyl/N-ethyl adjacent to an activating group) is 1. The fourth-order valence-electron chi connectivity index (χ4n) is 2.29. The molecule has 1 heterocycles. The SMILES string of the molecule is [2H]C([2H])([2H])N1C(=O)CN=C(c2ccccc2)c2cc(C#C)ccc21. The Labute approximate surface area is 128 Å². The molecule has 0 spiro atoms. The van der Waals surface area contributed by atoms with Crippen molar-refractivity contribution in [2.75, 3.05) is 18.4 Å². The minimum atomic E-state index is -2.59. The summed E-state index contributed by atoms with van der Waals surface area (Å²) in [6, 6.07) is 14.2. The lowest BCUT2D eigenvalue weighted by Gasteiger charge is -2.18. The molecule has 0 N–H and O–H groups in total. The Kier molecular flexibility index (Phi) is 2.49. The predicted molar refractivity (Wildman–Crippen MR) is 84.7 cm³/mol. The van der Waals surface area contributed by atoms with Crippen LogP contribution >= 0.6 is 0 Å². The van der Waals surface area contributed by atoms with Gasteiger partial charge in [-0.1, -0.05) is 36.3 Å². The van der Waals surface area contributed by atoms with Crippen LogP contribution in [0.4, 0.5) is 5.69 Å². The first-order valence-electron chi connectivity index (χ1n) is 7.96. The molecular formula is C18H14N2O. The van der Waals surface area contributed by atoms with Crippen molar-refractivity contribution >= 4 is 17.3 Å². The normalized spacial score (nSPS) is 16.7. The van der Waals surface area contributed by atoms with Crippen molar-refractivity contribution in [2.24, 2.45) is 4.99 Å². The predicted octanol–water partition coefficient (Wildman–Crippen LogP) is 2.48. The zero-order valence-electron chi connectivity index (χ0n) is 14.2. The highest BCUT2D eigenvalue weighted by Gasteiger charge is 2.22. The Balaban J connectivity index is 2.28. The van der Waals surface area contributed by atoms with E-state index in [0.717, 1.165) is 10.5 Å². The molecule has 1 aliphatic rings. The van der Waals surface area contributed by atoms with Gasteiger partial charge in [0.1, 0.15) is 6.54 Å². The fraction of sp³-hybridized carbons (Fsp3) is 0.111. The largest absolute Gasteiger partial charge is 0.313 e. The number of carbonyl (C=O) groups is 1. The van der Waals surface area contributed by atoms with E-state index in [4.69, 9.17) is 10.5 Å². The summed E-state index contributed by atoms with van der Waals surface area (Å²) < 4.78 is 23.1. The molecule has 1 amide bonds. The lowest BCUT2D eigenvalue weighted by atomic mass is 9.98. The van der Waals surface area contributed by atoms with Gasteiger partial charge in [0, 0.05) is 27.8 Å². The van der Waals surface area contributed by atoms with Crippen molar-refractivity contribution in [2.45, 2.75) is 0 Å². The van der Waals surface area contributed by atoms with Crippen molar-refractivity contribution in [3.63, 3.8) is 0 Å². The number of terminal acetylenes is 1. The molecule has 0 saturated heterocycles. The van der Waals surface area contributed by atoms with Crippen LogP contribution < -0.4 is 4.90 Å². The van der Waals surface area contributed by atoms with Gasteiger partial charge in [-0.05, 0) is 18.2 Å². The first-order valence-corrected chi connectivity index (χ1v) is 6.46. The van der Waals surface area contributed by atoms with Gasteiger partial charge in [-0.15, -0.1) is 6.42 Å². The number of carbonyl (C=O) groups excluding carboxylic acids is 1. The van der Waals surface area contributed by atoms with E-state index in [1.807, 2.05) is 30.3 Å². The van der Waals surface area contributed by atoms with Gasteiger partial charge in [-0.2, -0.15) is 0 Å². The third-order valence-corrected chi connectivity index (χ3v) is 3.33. The maximum Gasteiger partial charge on any atom is 0.248 e. The molecule has 0 radical (unpaired) electrons. The summed E-state index contributed by atoms with van der Waals surface area (Å²) in [7, 11) is 0. The number of amides is 1. The van der Waals surface area contributed by atoms with Crippen molar-refractivity contribution in [1.29, 1.82) is 0 Å². The Bertz CT molecular complexity index is 864. The minimum Gasteiger partial charge on any atom is -0.313 e. The van der Waals surface area contributed by atoms with Crippen LogP contribution in [0, 0.1) is 12.3 Å².